The number of ether oxygens (including phenoxy) is 1. The highest BCUT2D eigenvalue weighted by Crippen LogP contribution is 2.32. The molecule has 0 radical (unpaired) electrons. The highest BCUT2D eigenvalue weighted by Gasteiger charge is 2.45. The standard InChI is InChI=1S/C25H27N3O8S/c1-16-6-8-17(9-7-16)37(33,34)36-14-3-13-35-15-12-26-19-5-2-4-18-22(19)25(32)28(24(18)31)20-10-11-21(29)27-23(20)30/h2,4-9,20,26H,3,10-15H2,1H3,(H,27,29,30). The van der Waals surface area contributed by atoms with Crippen LogP contribution < -0.4 is 10.6 Å². The van der Waals surface area contributed by atoms with Crippen LogP contribution in [0, 0.1) is 6.92 Å². The van der Waals surface area contributed by atoms with E-state index in [1.54, 1.807) is 24.3 Å². The summed E-state index contributed by atoms with van der Waals surface area (Å²) in [4.78, 5) is 50.6. The van der Waals surface area contributed by atoms with E-state index in [1.165, 1.54) is 18.2 Å². The van der Waals surface area contributed by atoms with E-state index < -0.39 is 39.8 Å². The van der Waals surface area contributed by atoms with E-state index in [2.05, 4.69) is 10.6 Å². The summed E-state index contributed by atoms with van der Waals surface area (Å²) in [5.41, 5.74) is 1.74. The molecule has 2 heterocycles. The summed E-state index contributed by atoms with van der Waals surface area (Å²) in [6.45, 7) is 2.68. The number of hydrogen-bond donors (Lipinski definition) is 2. The Labute approximate surface area is 214 Å². The van der Waals surface area contributed by atoms with Crippen LogP contribution in [0.5, 0.6) is 0 Å². The van der Waals surface area contributed by atoms with Crippen LogP contribution in [0.4, 0.5) is 5.69 Å². The number of aryl methyl sites for hydroxylation is 1. The Bertz CT molecular complexity index is 1320. The second-order valence-corrected chi connectivity index (χ2v) is 10.3. The smallest absolute Gasteiger partial charge is 0.296 e. The first kappa shape index (κ1) is 26.5. The third-order valence-electron chi connectivity index (χ3n) is 6.01. The Balaban J connectivity index is 1.23. The molecule has 0 saturated carbocycles. The molecule has 2 N–H and O–H groups in total. The number of fused-ring (bicyclic) bond motifs is 1. The topological polar surface area (TPSA) is 148 Å². The van der Waals surface area contributed by atoms with Gasteiger partial charge in [-0.05, 0) is 44.0 Å². The number of imide groups is 2. The van der Waals surface area contributed by atoms with Gasteiger partial charge >= 0.3 is 0 Å². The molecular formula is C25H27N3O8S. The maximum Gasteiger partial charge on any atom is 0.296 e. The Kier molecular flexibility index (Phi) is 8.00. The molecule has 2 aromatic carbocycles. The van der Waals surface area contributed by atoms with Gasteiger partial charge in [-0.25, -0.2) is 0 Å². The van der Waals surface area contributed by atoms with Gasteiger partial charge in [-0.2, -0.15) is 8.42 Å². The summed E-state index contributed by atoms with van der Waals surface area (Å²) in [5, 5.41) is 5.24. The molecule has 1 atom stereocenters. The monoisotopic (exact) mass is 529 g/mol. The largest absolute Gasteiger partial charge is 0.382 e. The first-order valence-electron chi connectivity index (χ1n) is 11.8. The number of nitrogens with zero attached hydrogens (tertiary/aromatic N) is 1. The minimum Gasteiger partial charge on any atom is -0.382 e. The highest BCUT2D eigenvalue weighted by atomic mass is 32.2. The number of anilines is 1. The van der Waals surface area contributed by atoms with E-state index in [9.17, 15) is 27.6 Å². The van der Waals surface area contributed by atoms with Gasteiger partial charge in [-0.15, -0.1) is 0 Å². The molecule has 1 saturated heterocycles. The lowest BCUT2D eigenvalue weighted by atomic mass is 10.0. The Morgan fingerprint density at radius 2 is 1.76 bits per heavy atom. The highest BCUT2D eigenvalue weighted by molar-refractivity contribution is 7.86. The first-order valence-corrected chi connectivity index (χ1v) is 13.2. The fraction of sp³-hybridized carbons (Fsp3) is 0.360. The predicted octanol–water partition coefficient (Wildman–Crippen LogP) is 1.62. The fourth-order valence-electron chi connectivity index (χ4n) is 4.12. The van der Waals surface area contributed by atoms with Crippen molar-refractivity contribution in [3.8, 4) is 0 Å². The van der Waals surface area contributed by atoms with Crippen molar-refractivity contribution in [1.29, 1.82) is 0 Å². The molecule has 4 amide bonds. The van der Waals surface area contributed by atoms with E-state index >= 15 is 0 Å². The van der Waals surface area contributed by atoms with Gasteiger partial charge in [0.2, 0.25) is 11.8 Å². The van der Waals surface area contributed by atoms with Crippen LogP contribution >= 0.6 is 0 Å². The molecule has 12 heteroatoms. The van der Waals surface area contributed by atoms with Gasteiger partial charge in [0.05, 0.1) is 29.2 Å². The molecule has 1 unspecified atom stereocenters. The van der Waals surface area contributed by atoms with E-state index in [0.717, 1.165) is 10.5 Å². The fourth-order valence-corrected chi connectivity index (χ4v) is 5.07. The Hall–Kier alpha value is -3.61. The Morgan fingerprint density at radius 1 is 1.00 bits per heavy atom. The molecule has 11 nitrogen and oxygen atoms in total. The quantitative estimate of drug-likeness (QED) is 0.252. The van der Waals surface area contributed by atoms with Gasteiger partial charge < -0.3 is 10.1 Å². The normalized spacial score (nSPS) is 17.6. The van der Waals surface area contributed by atoms with Gasteiger partial charge in [0.25, 0.3) is 21.9 Å². The minimum absolute atomic E-state index is 0.0252. The van der Waals surface area contributed by atoms with Gasteiger partial charge in [0.15, 0.2) is 0 Å². The number of carbonyl (C=O) groups excluding carboxylic acids is 4. The number of benzene rings is 2. The number of hydrogen-bond acceptors (Lipinski definition) is 9. The van der Waals surface area contributed by atoms with Crippen LogP contribution in [0.3, 0.4) is 0 Å². The van der Waals surface area contributed by atoms with Crippen LogP contribution in [0.1, 0.15) is 45.5 Å². The molecule has 4 rings (SSSR count). The molecule has 2 aliphatic heterocycles. The molecule has 1 fully saturated rings. The van der Waals surface area contributed by atoms with Crippen molar-refractivity contribution in [2.24, 2.45) is 0 Å². The second kappa shape index (κ2) is 11.2. The van der Waals surface area contributed by atoms with Crippen LogP contribution in [0.15, 0.2) is 47.4 Å². The summed E-state index contributed by atoms with van der Waals surface area (Å²) < 4.78 is 34.9. The third kappa shape index (κ3) is 5.87. The van der Waals surface area contributed by atoms with Crippen molar-refractivity contribution in [3.63, 3.8) is 0 Å². The molecule has 0 aromatic heterocycles. The van der Waals surface area contributed by atoms with Crippen molar-refractivity contribution in [1.82, 2.24) is 10.2 Å². The van der Waals surface area contributed by atoms with Crippen LogP contribution in [0.25, 0.3) is 0 Å². The number of carbonyl (C=O) groups is 4. The average molecular weight is 530 g/mol. The zero-order chi connectivity index (χ0) is 26.6. The number of piperidine rings is 1. The summed E-state index contributed by atoms with van der Waals surface area (Å²) in [5.74, 6) is -2.26. The van der Waals surface area contributed by atoms with Crippen LogP contribution in [0.2, 0.25) is 0 Å². The lowest BCUT2D eigenvalue weighted by molar-refractivity contribution is -0.136. The SMILES string of the molecule is Cc1ccc(S(=O)(=O)OCCCOCCNc2cccc3c2C(=O)N(C2CCC(=O)NC2=O)C3=O)cc1. The van der Waals surface area contributed by atoms with Gasteiger partial charge in [-0.1, -0.05) is 23.8 Å². The van der Waals surface area contributed by atoms with Gasteiger partial charge in [0.1, 0.15) is 6.04 Å². The van der Waals surface area contributed by atoms with Crippen molar-refractivity contribution in [2.45, 2.75) is 37.1 Å². The van der Waals surface area contributed by atoms with E-state index in [1.807, 2.05) is 6.92 Å². The van der Waals surface area contributed by atoms with Crippen LogP contribution in [-0.4, -0.2) is 69.4 Å². The maximum absolute atomic E-state index is 13.1. The van der Waals surface area contributed by atoms with E-state index in [4.69, 9.17) is 8.92 Å². The average Bonchev–Trinajstić information content (AvgIpc) is 3.11. The molecular weight excluding hydrogens is 502 g/mol. The van der Waals surface area contributed by atoms with Crippen LogP contribution in [-0.2, 0) is 28.6 Å². The predicted molar refractivity (Wildman–Crippen MR) is 131 cm³/mol. The molecule has 0 spiro atoms. The number of amides is 4. The van der Waals surface area contributed by atoms with Gasteiger partial charge in [0, 0.05) is 25.3 Å². The van der Waals surface area contributed by atoms with Gasteiger partial charge in [-0.3, -0.25) is 33.6 Å². The summed E-state index contributed by atoms with van der Waals surface area (Å²) in [6.07, 6.45) is 0.498. The molecule has 0 aliphatic carbocycles. The molecule has 0 bridgehead atoms. The van der Waals surface area contributed by atoms with Crippen molar-refractivity contribution in [2.75, 3.05) is 31.7 Å². The van der Waals surface area contributed by atoms with Crippen molar-refractivity contribution in [3.05, 3.63) is 59.2 Å². The minimum atomic E-state index is -3.82. The molecule has 37 heavy (non-hydrogen) atoms. The lowest BCUT2D eigenvalue weighted by Crippen LogP contribution is -2.54. The summed E-state index contributed by atoms with van der Waals surface area (Å²) in [6, 6.07) is 10.2. The maximum atomic E-state index is 13.1. The number of nitrogens with one attached hydrogen (secondary N) is 2. The molecule has 2 aliphatic rings. The third-order valence-corrected chi connectivity index (χ3v) is 7.34. The molecule has 196 valence electrons. The van der Waals surface area contributed by atoms with E-state index in [-0.39, 0.29) is 48.7 Å². The van der Waals surface area contributed by atoms with Crippen molar-refractivity contribution < 1.29 is 36.5 Å². The van der Waals surface area contributed by atoms with E-state index in [0.29, 0.717) is 18.7 Å². The van der Waals surface area contributed by atoms with Crippen molar-refractivity contribution >= 4 is 39.4 Å². The summed E-state index contributed by atoms with van der Waals surface area (Å²) in [7, 11) is -3.82. The lowest BCUT2D eigenvalue weighted by Gasteiger charge is -2.27. The first-order chi connectivity index (χ1) is 17.7. The zero-order valence-corrected chi connectivity index (χ0v) is 21.0. The molecule has 2 aromatic rings. The zero-order valence-electron chi connectivity index (χ0n) is 20.2. The second-order valence-electron chi connectivity index (χ2n) is 8.66. The number of rotatable bonds is 11. The summed E-state index contributed by atoms with van der Waals surface area (Å²) >= 11 is 0. The Morgan fingerprint density at radius 3 is 2.49 bits per heavy atom.